The second-order valence-electron chi connectivity index (χ2n) is 8.80. The van der Waals surface area contributed by atoms with Gasteiger partial charge in [-0.15, -0.1) is 0 Å². The topological polar surface area (TPSA) is 127 Å². The van der Waals surface area contributed by atoms with Crippen LogP contribution in [0.3, 0.4) is 0 Å². The number of aromatic nitrogens is 3. The highest BCUT2D eigenvalue weighted by Crippen LogP contribution is 2.39. The average molecular weight is 687 g/mol. The Kier molecular flexibility index (Phi) is 10.9. The Bertz CT molecular complexity index is 1710. The van der Waals surface area contributed by atoms with Crippen molar-refractivity contribution in [3.63, 3.8) is 0 Å². The Morgan fingerprint density at radius 2 is 1.98 bits per heavy atom. The number of hydrogen-bond acceptors (Lipinski definition) is 10. The average Bonchev–Trinajstić information content (AvgIpc) is 3.49. The summed E-state index contributed by atoms with van der Waals surface area (Å²) in [7, 11) is -1.69. The molecule has 2 N–H and O–H groups in total. The third-order valence-electron chi connectivity index (χ3n) is 5.92. The van der Waals surface area contributed by atoms with E-state index in [4.69, 9.17) is 44.7 Å². The number of anilines is 2. The normalized spacial score (nSPS) is 11.2. The van der Waals surface area contributed by atoms with Gasteiger partial charge in [-0.2, -0.15) is 14.1 Å². The van der Waals surface area contributed by atoms with E-state index in [0.29, 0.717) is 58.3 Å². The molecule has 0 radical (unpaired) electrons. The standard InChI is InChI=1S/C26H25Cl2N5O5S4/c1-4-11-40-26(39)30-23-21(16-9-10-18(27)19(28)13-16)29-25(41-23)33-22(24(34)35)17(14(2)31-33)12-15-7-5-6-8-20(15)32(3)38-42(36)37/h5-10,13,42H,4,11-12H2,1-3H3,(H,30,39)(H,34,35). The zero-order valence-corrected chi connectivity index (χ0v) is 27.3. The number of benzene rings is 2. The zero-order valence-electron chi connectivity index (χ0n) is 22.5. The van der Waals surface area contributed by atoms with Crippen LogP contribution in [-0.4, -0.2) is 51.4 Å². The van der Waals surface area contributed by atoms with Gasteiger partial charge in [-0.3, -0.25) is 0 Å². The number of thiocarbonyl (C=S) groups is 1. The lowest BCUT2D eigenvalue weighted by Crippen LogP contribution is -2.18. The van der Waals surface area contributed by atoms with Gasteiger partial charge >= 0.3 is 5.97 Å². The first kappa shape index (κ1) is 32.2. The number of nitrogens with zero attached hydrogens (tertiary/aromatic N) is 4. The number of carboxylic acids is 1. The molecular formula is C26H25Cl2N5O5S4. The Balaban J connectivity index is 1.81. The molecule has 4 aromatic rings. The lowest BCUT2D eigenvalue weighted by molar-refractivity contribution is 0.0686. The molecule has 0 aliphatic heterocycles. The van der Waals surface area contributed by atoms with E-state index in [1.54, 1.807) is 49.4 Å². The number of aromatic carboxylic acids is 1. The highest BCUT2D eigenvalue weighted by Gasteiger charge is 2.27. The van der Waals surface area contributed by atoms with Crippen LogP contribution in [0.25, 0.3) is 16.4 Å². The van der Waals surface area contributed by atoms with Crippen LogP contribution in [-0.2, 0) is 21.7 Å². The maximum Gasteiger partial charge on any atom is 0.355 e. The Labute approximate surface area is 267 Å². The Morgan fingerprint density at radius 1 is 1.24 bits per heavy atom. The molecule has 0 saturated carbocycles. The monoisotopic (exact) mass is 685 g/mol. The molecule has 16 heteroatoms. The fraction of sp³-hybridized carbons (Fsp3) is 0.231. The number of nitrogens with one attached hydrogen (secondary N) is 1. The van der Waals surface area contributed by atoms with Crippen molar-refractivity contribution in [2.75, 3.05) is 23.2 Å². The molecule has 2 aromatic carbocycles. The summed E-state index contributed by atoms with van der Waals surface area (Å²) in [5, 5.41) is 20.9. The van der Waals surface area contributed by atoms with Gasteiger partial charge in [-0.1, -0.05) is 89.7 Å². The minimum absolute atomic E-state index is 0.0790. The first-order valence-electron chi connectivity index (χ1n) is 12.4. The number of thiol groups is 1. The molecule has 0 unspecified atom stereocenters. The van der Waals surface area contributed by atoms with Gasteiger partial charge in [0, 0.05) is 24.6 Å². The van der Waals surface area contributed by atoms with E-state index >= 15 is 0 Å². The number of thioether (sulfide) groups is 1. The number of carbonyl (C=O) groups is 1. The lowest BCUT2D eigenvalue weighted by Gasteiger charge is -2.18. The van der Waals surface area contributed by atoms with Crippen LogP contribution < -0.4 is 10.4 Å². The summed E-state index contributed by atoms with van der Waals surface area (Å²) in [6.45, 7) is 3.76. The van der Waals surface area contributed by atoms with Crippen molar-refractivity contribution in [1.29, 1.82) is 0 Å². The second kappa shape index (κ2) is 14.2. The number of hydrogen-bond donors (Lipinski definition) is 3. The van der Waals surface area contributed by atoms with Crippen molar-refractivity contribution in [2.45, 2.75) is 26.7 Å². The molecule has 42 heavy (non-hydrogen) atoms. The van der Waals surface area contributed by atoms with Gasteiger partial charge < -0.3 is 10.4 Å². The van der Waals surface area contributed by atoms with Gasteiger partial charge in [0.15, 0.2) is 5.69 Å². The van der Waals surface area contributed by atoms with Crippen molar-refractivity contribution < 1.29 is 22.6 Å². The van der Waals surface area contributed by atoms with E-state index in [-0.39, 0.29) is 12.1 Å². The molecule has 222 valence electrons. The Morgan fingerprint density at radius 3 is 2.64 bits per heavy atom. The van der Waals surface area contributed by atoms with Crippen LogP contribution in [0.5, 0.6) is 0 Å². The molecule has 0 spiro atoms. The largest absolute Gasteiger partial charge is 0.476 e. The number of rotatable bonds is 11. The van der Waals surface area contributed by atoms with E-state index in [2.05, 4.69) is 17.3 Å². The smallest absolute Gasteiger partial charge is 0.355 e. The maximum atomic E-state index is 12.7. The van der Waals surface area contributed by atoms with Crippen molar-refractivity contribution in [2.24, 2.45) is 0 Å². The molecule has 0 aliphatic carbocycles. The van der Waals surface area contributed by atoms with Crippen molar-refractivity contribution in [1.82, 2.24) is 14.8 Å². The van der Waals surface area contributed by atoms with Crippen LogP contribution in [0.1, 0.15) is 40.7 Å². The molecule has 2 heterocycles. The van der Waals surface area contributed by atoms with Crippen LogP contribution in [0, 0.1) is 6.92 Å². The van der Waals surface area contributed by atoms with Gasteiger partial charge in [-0.25, -0.2) is 23.3 Å². The predicted molar refractivity (Wildman–Crippen MR) is 174 cm³/mol. The fourth-order valence-electron chi connectivity index (χ4n) is 4.08. The third-order valence-corrected chi connectivity index (χ3v) is 9.41. The number of para-hydroxylation sites is 1. The summed E-state index contributed by atoms with van der Waals surface area (Å²) in [6.07, 6.45) is 1.08. The van der Waals surface area contributed by atoms with Crippen LogP contribution >= 0.6 is 58.5 Å². The van der Waals surface area contributed by atoms with E-state index in [1.165, 1.54) is 34.8 Å². The molecule has 10 nitrogen and oxygen atoms in total. The molecular weight excluding hydrogens is 661 g/mol. The molecule has 0 bridgehead atoms. The van der Waals surface area contributed by atoms with Crippen LogP contribution in [0.4, 0.5) is 10.7 Å². The van der Waals surface area contributed by atoms with E-state index in [1.807, 2.05) is 0 Å². The van der Waals surface area contributed by atoms with Crippen LogP contribution in [0.15, 0.2) is 42.5 Å². The molecule has 0 saturated heterocycles. The van der Waals surface area contributed by atoms with Crippen molar-refractivity contribution in [3.8, 4) is 16.4 Å². The first-order valence-corrected chi connectivity index (χ1v) is 16.4. The molecule has 0 amide bonds. The highest BCUT2D eigenvalue weighted by atomic mass is 35.5. The summed E-state index contributed by atoms with van der Waals surface area (Å²) in [6, 6.07) is 12.0. The first-order chi connectivity index (χ1) is 20.0. The molecule has 0 fully saturated rings. The Hall–Kier alpha value is -2.72. The molecule has 0 atom stereocenters. The number of aryl methyl sites for hydroxylation is 1. The van der Waals surface area contributed by atoms with E-state index in [0.717, 1.165) is 17.2 Å². The van der Waals surface area contributed by atoms with E-state index < -0.39 is 17.0 Å². The van der Waals surface area contributed by atoms with Gasteiger partial charge in [0.25, 0.3) is 11.0 Å². The van der Waals surface area contributed by atoms with Crippen LogP contribution in [0.2, 0.25) is 10.0 Å². The van der Waals surface area contributed by atoms with Crippen molar-refractivity contribution >= 4 is 90.5 Å². The molecule has 2 aromatic heterocycles. The van der Waals surface area contributed by atoms with Gasteiger partial charge in [-0.05, 0) is 42.9 Å². The second-order valence-corrected chi connectivity index (χ2v) is 13.0. The maximum absolute atomic E-state index is 12.7. The van der Waals surface area contributed by atoms with Gasteiger partial charge in [0.2, 0.25) is 5.13 Å². The third kappa shape index (κ3) is 7.43. The molecule has 4 rings (SSSR count). The summed E-state index contributed by atoms with van der Waals surface area (Å²) >= 11 is 20.6. The summed E-state index contributed by atoms with van der Waals surface area (Å²) in [4.78, 5) is 17.4. The summed E-state index contributed by atoms with van der Waals surface area (Å²) in [5.41, 5.74) is 3.09. The SMILES string of the molecule is CCCSC(=S)Nc1sc(-n2nc(C)c(Cc3ccccc3N(C)O[SH](=O)=O)c2C(=O)O)nc1-c1ccc(Cl)c(Cl)c1. The molecule has 0 aliphatic rings. The fourth-order valence-corrected chi connectivity index (χ4v) is 6.66. The van der Waals surface area contributed by atoms with Gasteiger partial charge in [0.05, 0.1) is 21.4 Å². The van der Waals surface area contributed by atoms with Crippen molar-refractivity contribution in [3.05, 3.63) is 75.0 Å². The quantitative estimate of drug-likeness (QED) is 0.0894. The van der Waals surface area contributed by atoms with Gasteiger partial charge in [0.1, 0.15) is 15.0 Å². The zero-order chi connectivity index (χ0) is 30.6. The number of carboxylic acid groups (broad SMARTS) is 1. The number of halogens is 2. The highest BCUT2D eigenvalue weighted by molar-refractivity contribution is 8.23. The number of thiazole rings is 1. The van der Waals surface area contributed by atoms with E-state index in [9.17, 15) is 18.3 Å². The summed E-state index contributed by atoms with van der Waals surface area (Å²) < 4.78 is 29.0. The minimum Gasteiger partial charge on any atom is -0.476 e. The number of hydroxylamine groups is 1. The minimum atomic E-state index is -3.14. The summed E-state index contributed by atoms with van der Waals surface area (Å²) in [5.74, 6) is -0.373. The lowest BCUT2D eigenvalue weighted by atomic mass is 10.0. The predicted octanol–water partition coefficient (Wildman–Crippen LogP) is 6.63.